The van der Waals surface area contributed by atoms with E-state index in [1.54, 1.807) is 12.5 Å². The first-order valence-electron chi connectivity index (χ1n) is 6.42. The van der Waals surface area contributed by atoms with Crippen molar-refractivity contribution in [1.29, 1.82) is 0 Å². The number of carbonyl (C=O) groups excluding carboxylic acids is 2. The van der Waals surface area contributed by atoms with Crippen molar-refractivity contribution in [1.82, 2.24) is 10.6 Å². The van der Waals surface area contributed by atoms with E-state index in [1.807, 2.05) is 30.3 Å². The van der Waals surface area contributed by atoms with Crippen LogP contribution in [0.15, 0.2) is 30.3 Å². The maximum absolute atomic E-state index is 12.6. The van der Waals surface area contributed by atoms with Crippen molar-refractivity contribution >= 4 is 35.3 Å². The maximum atomic E-state index is 12.6. The van der Waals surface area contributed by atoms with Gasteiger partial charge >= 0.3 is 0 Å². The zero-order valence-electron chi connectivity index (χ0n) is 11.9. The molecular formula is C14H18N2O3S2. The molecule has 0 bridgehead atoms. The minimum atomic E-state index is -1.30. The highest BCUT2D eigenvalue weighted by atomic mass is 32.2. The second kappa shape index (κ2) is 6.29. The molecule has 1 aromatic rings. The molecule has 2 amide bonds. The quantitative estimate of drug-likeness (QED) is 0.738. The summed E-state index contributed by atoms with van der Waals surface area (Å²) in [5, 5.41) is 14.9. The van der Waals surface area contributed by atoms with Crippen LogP contribution in [0.2, 0.25) is 0 Å². The van der Waals surface area contributed by atoms with Gasteiger partial charge in [0.05, 0.1) is 6.61 Å². The standard InChI is InChI=1S/C14H18N2O3S2/c1-20-13(8-10-6-4-3-5-7-10)11(18)16-14(9-17,21-2)12(19)15-13/h3-7,17H,8-9H2,1-2H3,(H,15,19)(H,16,18)/t13-,14-/m0/s1. The Balaban J connectivity index is 2.29. The van der Waals surface area contributed by atoms with Crippen molar-refractivity contribution in [3.05, 3.63) is 35.9 Å². The Morgan fingerprint density at radius 3 is 2.05 bits per heavy atom. The van der Waals surface area contributed by atoms with E-state index in [0.717, 1.165) is 17.3 Å². The van der Waals surface area contributed by atoms with Gasteiger partial charge in [-0.25, -0.2) is 0 Å². The molecule has 0 unspecified atom stereocenters. The third-order valence-electron chi connectivity index (χ3n) is 3.58. The molecule has 1 fully saturated rings. The number of hydrogen-bond acceptors (Lipinski definition) is 5. The minimum Gasteiger partial charge on any atom is -0.392 e. The van der Waals surface area contributed by atoms with Gasteiger partial charge in [-0.2, -0.15) is 0 Å². The van der Waals surface area contributed by atoms with Crippen LogP contribution in [0.3, 0.4) is 0 Å². The highest BCUT2D eigenvalue weighted by Gasteiger charge is 2.53. The summed E-state index contributed by atoms with van der Waals surface area (Å²) < 4.78 is 0. The Labute approximate surface area is 132 Å². The molecule has 2 atom stereocenters. The van der Waals surface area contributed by atoms with Gasteiger partial charge in [-0.05, 0) is 18.1 Å². The van der Waals surface area contributed by atoms with Gasteiger partial charge in [0.1, 0.15) is 0 Å². The van der Waals surface area contributed by atoms with Crippen molar-refractivity contribution in [3.63, 3.8) is 0 Å². The van der Waals surface area contributed by atoms with Crippen molar-refractivity contribution < 1.29 is 14.7 Å². The number of nitrogens with one attached hydrogen (secondary N) is 2. The van der Waals surface area contributed by atoms with Gasteiger partial charge in [0.2, 0.25) is 0 Å². The average molecular weight is 326 g/mol. The molecule has 1 heterocycles. The fourth-order valence-electron chi connectivity index (χ4n) is 2.23. The van der Waals surface area contributed by atoms with Gasteiger partial charge in [-0.3, -0.25) is 9.59 Å². The summed E-state index contributed by atoms with van der Waals surface area (Å²) in [6.07, 6.45) is 3.86. The molecule has 1 aromatic carbocycles. The number of aliphatic hydroxyl groups excluding tert-OH is 1. The Morgan fingerprint density at radius 2 is 1.52 bits per heavy atom. The largest absolute Gasteiger partial charge is 0.392 e. The number of aliphatic hydroxyl groups is 1. The summed E-state index contributed by atoms with van der Waals surface area (Å²) in [6.45, 7) is -0.443. The summed E-state index contributed by atoms with van der Waals surface area (Å²) in [5.74, 6) is -0.663. The summed E-state index contributed by atoms with van der Waals surface area (Å²) in [6, 6.07) is 9.52. The molecule has 1 aliphatic rings. The third-order valence-corrected chi connectivity index (χ3v) is 5.82. The Hall–Kier alpha value is -1.18. The van der Waals surface area contributed by atoms with Gasteiger partial charge in [0.15, 0.2) is 9.74 Å². The molecule has 114 valence electrons. The Morgan fingerprint density at radius 1 is 1.00 bits per heavy atom. The lowest BCUT2D eigenvalue weighted by Crippen LogP contribution is -2.74. The fraction of sp³-hybridized carbons (Fsp3) is 0.429. The lowest BCUT2D eigenvalue weighted by Gasteiger charge is -2.43. The SMILES string of the molecule is CS[C@]1(CO)NC(=O)[C@](Cc2ccccc2)(SC)NC1=O. The van der Waals surface area contributed by atoms with Crippen LogP contribution in [0.25, 0.3) is 0 Å². The predicted molar refractivity (Wildman–Crippen MR) is 86.0 cm³/mol. The second-order valence-corrected chi connectivity index (χ2v) is 7.00. The second-order valence-electron chi connectivity index (χ2n) is 4.79. The molecule has 0 saturated carbocycles. The number of thioether (sulfide) groups is 2. The summed E-state index contributed by atoms with van der Waals surface area (Å²) in [4.78, 5) is 22.6. The van der Waals surface area contributed by atoms with E-state index in [1.165, 1.54) is 11.8 Å². The highest BCUT2D eigenvalue weighted by molar-refractivity contribution is 8.01. The molecule has 2 rings (SSSR count). The van der Waals surface area contributed by atoms with Crippen LogP contribution in [0.5, 0.6) is 0 Å². The molecule has 5 nitrogen and oxygen atoms in total. The molecule has 0 radical (unpaired) electrons. The number of benzene rings is 1. The van der Waals surface area contributed by atoms with Gasteiger partial charge in [0.25, 0.3) is 11.8 Å². The summed E-state index contributed by atoms with van der Waals surface area (Å²) in [5.41, 5.74) is 0.961. The first-order chi connectivity index (χ1) is 10.0. The molecule has 21 heavy (non-hydrogen) atoms. The third kappa shape index (κ3) is 2.90. The maximum Gasteiger partial charge on any atom is 0.260 e. The fourth-order valence-corrected chi connectivity index (χ4v) is 3.53. The van der Waals surface area contributed by atoms with E-state index < -0.39 is 16.3 Å². The van der Waals surface area contributed by atoms with E-state index in [4.69, 9.17) is 0 Å². The van der Waals surface area contributed by atoms with Crippen LogP contribution in [0, 0.1) is 0 Å². The van der Waals surface area contributed by atoms with E-state index in [9.17, 15) is 14.7 Å². The molecule has 0 spiro atoms. The smallest absolute Gasteiger partial charge is 0.260 e. The van der Waals surface area contributed by atoms with E-state index in [-0.39, 0.29) is 11.8 Å². The number of amides is 2. The first kappa shape index (κ1) is 16.2. The van der Waals surface area contributed by atoms with Crippen molar-refractivity contribution in [2.45, 2.75) is 16.2 Å². The van der Waals surface area contributed by atoms with Crippen molar-refractivity contribution in [2.24, 2.45) is 0 Å². The normalized spacial score (nSPS) is 28.9. The molecule has 1 saturated heterocycles. The number of rotatable bonds is 5. The van der Waals surface area contributed by atoms with Crippen LogP contribution in [-0.4, -0.2) is 45.8 Å². The lowest BCUT2D eigenvalue weighted by molar-refractivity contribution is -0.140. The zero-order chi connectivity index (χ0) is 15.5. The highest BCUT2D eigenvalue weighted by Crippen LogP contribution is 2.33. The van der Waals surface area contributed by atoms with Gasteiger partial charge in [-0.1, -0.05) is 30.3 Å². The Kier molecular flexibility index (Phi) is 4.85. The molecule has 7 heteroatoms. The van der Waals surface area contributed by atoms with Crippen molar-refractivity contribution in [3.8, 4) is 0 Å². The minimum absolute atomic E-state index is 0.290. The zero-order valence-corrected chi connectivity index (χ0v) is 13.5. The number of piperazine rings is 1. The van der Waals surface area contributed by atoms with Crippen LogP contribution in [-0.2, 0) is 16.0 Å². The van der Waals surface area contributed by atoms with Gasteiger partial charge in [0, 0.05) is 6.42 Å². The molecular weight excluding hydrogens is 308 g/mol. The van der Waals surface area contributed by atoms with Crippen molar-refractivity contribution in [2.75, 3.05) is 19.1 Å². The van der Waals surface area contributed by atoms with E-state index >= 15 is 0 Å². The van der Waals surface area contributed by atoms with Gasteiger partial charge < -0.3 is 15.7 Å². The van der Waals surface area contributed by atoms with Crippen LogP contribution >= 0.6 is 23.5 Å². The predicted octanol–water partition coefficient (Wildman–Crippen LogP) is 0.586. The van der Waals surface area contributed by atoms with Crippen LogP contribution in [0.1, 0.15) is 5.56 Å². The van der Waals surface area contributed by atoms with Crippen LogP contribution in [0.4, 0.5) is 0 Å². The number of carbonyl (C=O) groups is 2. The van der Waals surface area contributed by atoms with E-state index in [2.05, 4.69) is 10.6 Å². The topological polar surface area (TPSA) is 78.4 Å². The summed E-state index contributed by atoms with van der Waals surface area (Å²) >= 11 is 2.41. The monoisotopic (exact) mass is 326 g/mol. The van der Waals surface area contributed by atoms with Crippen LogP contribution < -0.4 is 10.6 Å². The molecule has 3 N–H and O–H groups in total. The summed E-state index contributed by atoms with van der Waals surface area (Å²) in [7, 11) is 0. The Bertz CT molecular complexity index is 534. The average Bonchev–Trinajstić information content (AvgIpc) is 2.51. The molecule has 1 aliphatic heterocycles. The van der Waals surface area contributed by atoms with Gasteiger partial charge in [-0.15, -0.1) is 23.5 Å². The lowest BCUT2D eigenvalue weighted by atomic mass is 10.0. The molecule has 0 aromatic heterocycles. The molecule has 0 aliphatic carbocycles. The van der Waals surface area contributed by atoms with E-state index in [0.29, 0.717) is 6.42 Å². The number of hydrogen-bond donors (Lipinski definition) is 3. The first-order valence-corrected chi connectivity index (χ1v) is 8.87.